The number of nitrogens with two attached hydrogens (primary N) is 2. The number of hydrogen-bond donors (Lipinski definition) is 2. The van der Waals surface area contributed by atoms with Crippen molar-refractivity contribution in [2.45, 2.75) is 0 Å². The van der Waals surface area contributed by atoms with Gasteiger partial charge in [0.05, 0.1) is 11.3 Å². The molecule has 0 amide bonds. The maximum absolute atomic E-state index is 8.73. The lowest BCUT2D eigenvalue weighted by Gasteiger charge is -2.03. The Hall–Kier alpha value is -2.54. The summed E-state index contributed by atoms with van der Waals surface area (Å²) in [5, 5.41) is 8.73. The first kappa shape index (κ1) is 9.99. The molecule has 78 valence electrons. The van der Waals surface area contributed by atoms with Crippen molar-refractivity contribution in [3.63, 3.8) is 0 Å². The van der Waals surface area contributed by atoms with E-state index in [1.54, 1.807) is 24.3 Å². The highest BCUT2D eigenvalue weighted by Gasteiger charge is 2.03. The van der Waals surface area contributed by atoms with Gasteiger partial charge in [0.25, 0.3) is 0 Å². The molecule has 0 fully saturated rings. The molecule has 2 aromatic rings. The van der Waals surface area contributed by atoms with E-state index in [0.29, 0.717) is 11.3 Å². The second-order valence-corrected chi connectivity index (χ2v) is 3.36. The molecule has 4 nitrogen and oxygen atoms in total. The summed E-state index contributed by atoms with van der Waals surface area (Å²) in [4.78, 5) is 4.16. The SMILES string of the molecule is N#Cc1ccc(-c2ccc(N)cc2)nc1N. The van der Waals surface area contributed by atoms with Crippen LogP contribution in [-0.2, 0) is 0 Å². The number of nitrogens with zero attached hydrogens (tertiary/aromatic N) is 2. The molecule has 0 saturated carbocycles. The Labute approximate surface area is 93.1 Å². The first-order chi connectivity index (χ1) is 7.70. The molecular formula is C12H10N4. The highest BCUT2D eigenvalue weighted by Crippen LogP contribution is 2.20. The molecule has 1 aromatic heterocycles. The fourth-order valence-electron chi connectivity index (χ4n) is 1.38. The molecule has 1 heterocycles. The van der Waals surface area contributed by atoms with Crippen molar-refractivity contribution in [3.8, 4) is 17.3 Å². The van der Waals surface area contributed by atoms with Crippen LogP contribution < -0.4 is 11.5 Å². The number of nitriles is 1. The molecule has 0 aliphatic carbocycles. The van der Waals surface area contributed by atoms with E-state index in [4.69, 9.17) is 16.7 Å². The number of nitrogen functional groups attached to an aromatic ring is 2. The molecular weight excluding hydrogens is 200 g/mol. The van der Waals surface area contributed by atoms with Gasteiger partial charge in [-0.25, -0.2) is 4.98 Å². The molecule has 0 spiro atoms. The molecule has 1 aromatic carbocycles. The lowest BCUT2D eigenvalue weighted by molar-refractivity contribution is 1.31. The van der Waals surface area contributed by atoms with Gasteiger partial charge in [0.15, 0.2) is 0 Å². The van der Waals surface area contributed by atoms with Crippen LogP contribution in [0.3, 0.4) is 0 Å². The lowest BCUT2D eigenvalue weighted by Crippen LogP contribution is -1.96. The van der Waals surface area contributed by atoms with Gasteiger partial charge < -0.3 is 11.5 Å². The molecule has 4 N–H and O–H groups in total. The Morgan fingerprint density at radius 3 is 2.25 bits per heavy atom. The van der Waals surface area contributed by atoms with Gasteiger partial charge in [-0.15, -0.1) is 0 Å². The van der Waals surface area contributed by atoms with Crippen LogP contribution in [0.15, 0.2) is 36.4 Å². The first-order valence-electron chi connectivity index (χ1n) is 4.73. The predicted octanol–water partition coefficient (Wildman–Crippen LogP) is 1.78. The minimum atomic E-state index is 0.247. The van der Waals surface area contributed by atoms with Crippen LogP contribution in [0.4, 0.5) is 11.5 Å². The van der Waals surface area contributed by atoms with Gasteiger partial charge >= 0.3 is 0 Å². The van der Waals surface area contributed by atoms with E-state index < -0.39 is 0 Å². The van der Waals surface area contributed by atoms with Gasteiger partial charge in [-0.1, -0.05) is 12.1 Å². The van der Waals surface area contributed by atoms with Crippen LogP contribution in [0.25, 0.3) is 11.3 Å². The number of hydrogen-bond acceptors (Lipinski definition) is 4. The van der Waals surface area contributed by atoms with Crippen LogP contribution in [0.1, 0.15) is 5.56 Å². The lowest BCUT2D eigenvalue weighted by atomic mass is 10.1. The van der Waals surface area contributed by atoms with E-state index in [1.807, 2.05) is 18.2 Å². The maximum atomic E-state index is 8.73. The van der Waals surface area contributed by atoms with Crippen LogP contribution >= 0.6 is 0 Å². The van der Waals surface area contributed by atoms with Crippen molar-refractivity contribution in [2.24, 2.45) is 0 Å². The Morgan fingerprint density at radius 2 is 1.69 bits per heavy atom. The maximum Gasteiger partial charge on any atom is 0.142 e. The fourth-order valence-corrected chi connectivity index (χ4v) is 1.38. The summed E-state index contributed by atoms with van der Waals surface area (Å²) in [6, 6.07) is 12.7. The molecule has 0 unspecified atom stereocenters. The van der Waals surface area contributed by atoms with E-state index in [-0.39, 0.29) is 5.82 Å². The minimum absolute atomic E-state index is 0.247. The number of anilines is 2. The summed E-state index contributed by atoms with van der Waals surface area (Å²) in [6.07, 6.45) is 0. The molecule has 0 aliphatic heterocycles. The van der Waals surface area contributed by atoms with Crippen molar-refractivity contribution in [3.05, 3.63) is 42.0 Å². The third-order valence-electron chi connectivity index (χ3n) is 2.25. The fraction of sp³-hybridized carbons (Fsp3) is 0. The Morgan fingerprint density at radius 1 is 1.00 bits per heavy atom. The molecule has 2 rings (SSSR count). The number of rotatable bonds is 1. The summed E-state index contributed by atoms with van der Waals surface area (Å²) < 4.78 is 0. The van der Waals surface area contributed by atoms with Crippen molar-refractivity contribution in [1.29, 1.82) is 5.26 Å². The molecule has 16 heavy (non-hydrogen) atoms. The van der Waals surface area contributed by atoms with E-state index in [0.717, 1.165) is 11.3 Å². The Kier molecular flexibility index (Phi) is 2.44. The molecule has 0 saturated heterocycles. The Bertz CT molecular complexity index is 552. The quantitative estimate of drug-likeness (QED) is 0.702. The zero-order valence-electron chi connectivity index (χ0n) is 8.51. The average Bonchev–Trinajstić information content (AvgIpc) is 2.30. The summed E-state index contributed by atoms with van der Waals surface area (Å²) in [7, 11) is 0. The van der Waals surface area contributed by atoms with E-state index in [9.17, 15) is 0 Å². The van der Waals surface area contributed by atoms with Gasteiger partial charge in [0.1, 0.15) is 11.9 Å². The van der Waals surface area contributed by atoms with Crippen LogP contribution in [0.5, 0.6) is 0 Å². The minimum Gasteiger partial charge on any atom is -0.399 e. The first-order valence-corrected chi connectivity index (χ1v) is 4.73. The van der Waals surface area contributed by atoms with Crippen LogP contribution in [0, 0.1) is 11.3 Å². The number of pyridine rings is 1. The smallest absolute Gasteiger partial charge is 0.142 e. The third kappa shape index (κ3) is 1.79. The van der Waals surface area contributed by atoms with E-state index in [1.165, 1.54) is 0 Å². The molecule has 0 radical (unpaired) electrons. The summed E-state index contributed by atoms with van der Waals surface area (Å²) in [6.45, 7) is 0. The molecule has 0 aliphatic rings. The predicted molar refractivity (Wildman–Crippen MR) is 63.2 cm³/mol. The Balaban J connectivity index is 2.46. The van der Waals surface area contributed by atoms with Crippen molar-refractivity contribution < 1.29 is 0 Å². The molecule has 0 atom stereocenters. The summed E-state index contributed by atoms with van der Waals surface area (Å²) >= 11 is 0. The summed E-state index contributed by atoms with van der Waals surface area (Å²) in [5.41, 5.74) is 14.0. The zero-order valence-corrected chi connectivity index (χ0v) is 8.51. The number of benzene rings is 1. The molecule has 4 heteroatoms. The highest BCUT2D eigenvalue weighted by atomic mass is 14.8. The number of aromatic nitrogens is 1. The van der Waals surface area contributed by atoms with E-state index >= 15 is 0 Å². The van der Waals surface area contributed by atoms with Gasteiger partial charge in [0, 0.05) is 11.3 Å². The van der Waals surface area contributed by atoms with Crippen LogP contribution in [-0.4, -0.2) is 4.98 Å². The highest BCUT2D eigenvalue weighted by molar-refractivity contribution is 5.65. The summed E-state index contributed by atoms with van der Waals surface area (Å²) in [5.74, 6) is 0.247. The monoisotopic (exact) mass is 210 g/mol. The average molecular weight is 210 g/mol. The topological polar surface area (TPSA) is 88.7 Å². The normalized spacial score (nSPS) is 9.69. The van der Waals surface area contributed by atoms with Gasteiger partial charge in [0.2, 0.25) is 0 Å². The van der Waals surface area contributed by atoms with Crippen molar-refractivity contribution in [1.82, 2.24) is 4.98 Å². The van der Waals surface area contributed by atoms with Gasteiger partial charge in [-0.3, -0.25) is 0 Å². The molecule has 0 bridgehead atoms. The second-order valence-electron chi connectivity index (χ2n) is 3.36. The van der Waals surface area contributed by atoms with Crippen LogP contribution in [0.2, 0.25) is 0 Å². The van der Waals surface area contributed by atoms with E-state index in [2.05, 4.69) is 4.98 Å². The van der Waals surface area contributed by atoms with Gasteiger partial charge in [-0.2, -0.15) is 5.26 Å². The van der Waals surface area contributed by atoms with Crippen molar-refractivity contribution >= 4 is 11.5 Å². The largest absolute Gasteiger partial charge is 0.399 e. The third-order valence-corrected chi connectivity index (χ3v) is 2.25. The van der Waals surface area contributed by atoms with Crippen molar-refractivity contribution in [2.75, 3.05) is 11.5 Å². The second kappa shape index (κ2) is 3.91. The zero-order chi connectivity index (χ0) is 11.5. The van der Waals surface area contributed by atoms with Gasteiger partial charge in [-0.05, 0) is 24.3 Å². The standard InChI is InChI=1S/C12H10N4/c13-7-9-3-6-11(16-12(9)15)8-1-4-10(14)5-2-8/h1-6H,14H2,(H2,15,16).